The van der Waals surface area contributed by atoms with Crippen LogP contribution in [0.15, 0.2) is 23.8 Å². The van der Waals surface area contributed by atoms with Gasteiger partial charge in [-0.05, 0) is 6.42 Å². The van der Waals surface area contributed by atoms with Gasteiger partial charge in [0.25, 0.3) is 0 Å². The number of thiol groups is 1. The molecule has 1 amide bonds. The van der Waals surface area contributed by atoms with E-state index in [1.807, 2.05) is 0 Å². The van der Waals surface area contributed by atoms with E-state index in [1.54, 1.807) is 0 Å². The van der Waals surface area contributed by atoms with Crippen molar-refractivity contribution < 1.29 is 17.9 Å². The van der Waals surface area contributed by atoms with E-state index in [9.17, 15) is 13.2 Å². The molecule has 0 bridgehead atoms. The van der Waals surface area contributed by atoms with Crippen LogP contribution in [0.4, 0.5) is 4.79 Å². The summed E-state index contributed by atoms with van der Waals surface area (Å²) in [5.41, 5.74) is 0. The number of carbonyl (C=O) groups excluding carboxylic acids is 1. The second-order valence-corrected chi connectivity index (χ2v) is 7.63. The van der Waals surface area contributed by atoms with Crippen LogP contribution in [0.25, 0.3) is 0 Å². The van der Waals surface area contributed by atoms with E-state index in [2.05, 4.69) is 23.9 Å². The van der Waals surface area contributed by atoms with Crippen LogP contribution in [0.1, 0.15) is 6.42 Å². The molecular weight excluding hydrogens is 336 g/mol. The van der Waals surface area contributed by atoms with Gasteiger partial charge in [-0.3, -0.25) is 4.90 Å². The Labute approximate surface area is 135 Å². The van der Waals surface area contributed by atoms with Crippen LogP contribution in [0.2, 0.25) is 0 Å². The fourth-order valence-corrected chi connectivity index (χ4v) is 2.96. The minimum atomic E-state index is -3.28. The first-order valence-electron chi connectivity index (χ1n) is 6.27. The highest BCUT2D eigenvalue weighted by molar-refractivity contribution is 7.88. The first kappa shape index (κ1) is 18.3. The molecule has 0 radical (unpaired) electrons. The Hall–Kier alpha value is -0.700. The predicted molar refractivity (Wildman–Crippen MR) is 86.2 cm³/mol. The molecule has 1 aliphatic rings. The van der Waals surface area contributed by atoms with Gasteiger partial charge in [0.05, 0.1) is 12.3 Å². The van der Waals surface area contributed by atoms with Gasteiger partial charge in [0, 0.05) is 23.4 Å². The molecule has 0 aromatic rings. The number of sulfonamides is 1. The molecule has 9 heteroatoms. The van der Waals surface area contributed by atoms with Crippen LogP contribution in [0, 0.1) is 0 Å². The van der Waals surface area contributed by atoms with E-state index in [0.29, 0.717) is 18.0 Å². The van der Waals surface area contributed by atoms with Gasteiger partial charge in [0.1, 0.15) is 6.61 Å². The average molecular weight is 355 g/mol. The summed E-state index contributed by atoms with van der Waals surface area (Å²) in [6.45, 7) is 4.09. The Morgan fingerprint density at radius 2 is 2.29 bits per heavy atom. The lowest BCUT2D eigenvalue weighted by molar-refractivity contribution is 0.113. The molecule has 21 heavy (non-hydrogen) atoms. The lowest BCUT2D eigenvalue weighted by Crippen LogP contribution is -2.37. The number of nitrogens with zero attached hydrogens (tertiary/aromatic N) is 1. The Balaban J connectivity index is 2.70. The van der Waals surface area contributed by atoms with Crippen molar-refractivity contribution in [1.82, 2.24) is 9.62 Å². The zero-order chi connectivity index (χ0) is 16.0. The molecule has 0 saturated carbocycles. The second kappa shape index (κ2) is 8.07. The minimum absolute atomic E-state index is 0.00343. The van der Waals surface area contributed by atoms with E-state index in [4.69, 9.17) is 16.3 Å². The summed E-state index contributed by atoms with van der Waals surface area (Å²) in [4.78, 5) is 13.4. The first-order chi connectivity index (χ1) is 9.74. The molecule has 0 aliphatic carbocycles. The van der Waals surface area contributed by atoms with Gasteiger partial charge in [0.15, 0.2) is 0 Å². The van der Waals surface area contributed by atoms with Crippen molar-refractivity contribution in [1.29, 1.82) is 0 Å². The number of likely N-dealkylation sites (tertiary alicyclic amines) is 1. The van der Waals surface area contributed by atoms with Crippen molar-refractivity contribution in [2.75, 3.05) is 26.0 Å². The molecule has 1 heterocycles. The summed E-state index contributed by atoms with van der Waals surface area (Å²) in [6.07, 6.45) is 4.17. The molecule has 0 aromatic carbocycles. The van der Waals surface area contributed by atoms with Gasteiger partial charge in [-0.15, -0.1) is 0 Å². The van der Waals surface area contributed by atoms with E-state index in [1.165, 1.54) is 17.1 Å². The van der Waals surface area contributed by atoms with Crippen molar-refractivity contribution in [2.24, 2.45) is 0 Å². The smallest absolute Gasteiger partial charge is 0.410 e. The molecule has 0 unspecified atom stereocenters. The molecule has 2 atom stereocenters. The number of hydrogen-bond acceptors (Lipinski definition) is 5. The number of amides is 1. The van der Waals surface area contributed by atoms with Crippen molar-refractivity contribution >= 4 is 40.3 Å². The minimum Gasteiger partial charge on any atom is -0.445 e. The largest absolute Gasteiger partial charge is 0.445 e. The third kappa shape index (κ3) is 6.29. The van der Waals surface area contributed by atoms with Crippen LogP contribution in [0.5, 0.6) is 0 Å². The van der Waals surface area contributed by atoms with E-state index < -0.39 is 16.1 Å². The Morgan fingerprint density at radius 3 is 2.86 bits per heavy atom. The third-order valence-corrected chi connectivity index (χ3v) is 4.27. The van der Waals surface area contributed by atoms with Crippen LogP contribution >= 0.6 is 24.2 Å². The molecule has 6 nitrogen and oxygen atoms in total. The zero-order valence-corrected chi connectivity index (χ0v) is 14.1. The monoisotopic (exact) mass is 354 g/mol. The van der Waals surface area contributed by atoms with Crippen LogP contribution in [-0.2, 0) is 14.8 Å². The summed E-state index contributed by atoms with van der Waals surface area (Å²) in [5, 5.41) is 0.384. The summed E-state index contributed by atoms with van der Waals surface area (Å²) in [7, 11) is -3.28. The average Bonchev–Trinajstić information content (AvgIpc) is 2.76. The van der Waals surface area contributed by atoms with Crippen LogP contribution < -0.4 is 4.72 Å². The molecular formula is C12H19ClN2O4S2. The molecule has 1 saturated heterocycles. The number of ether oxygens (including phenoxy) is 1. The molecule has 0 aromatic heterocycles. The number of halogens is 1. The van der Waals surface area contributed by atoms with Gasteiger partial charge in [-0.2, -0.15) is 12.6 Å². The summed E-state index contributed by atoms with van der Waals surface area (Å²) in [6, 6.07) is -0.354. The fourth-order valence-electron chi connectivity index (χ4n) is 1.92. The lowest BCUT2D eigenvalue weighted by atomic mass is 10.2. The zero-order valence-electron chi connectivity index (χ0n) is 11.7. The maximum atomic E-state index is 11.9. The second-order valence-electron chi connectivity index (χ2n) is 4.63. The molecule has 1 aliphatic heterocycles. The number of nitrogens with one attached hydrogen (secondary N) is 1. The van der Waals surface area contributed by atoms with E-state index in [-0.39, 0.29) is 24.4 Å². The normalized spacial score (nSPS) is 23.2. The highest BCUT2D eigenvalue weighted by Gasteiger charge is 2.36. The predicted octanol–water partition coefficient (Wildman–Crippen LogP) is 1.35. The van der Waals surface area contributed by atoms with Crippen molar-refractivity contribution in [3.05, 3.63) is 23.8 Å². The van der Waals surface area contributed by atoms with Crippen molar-refractivity contribution in [3.8, 4) is 0 Å². The SMILES string of the molecule is C=CCOC(=O)N1C[C@@H](S)C[C@H]1C(Cl)=CCNS(C)(=O)=O. The summed E-state index contributed by atoms with van der Waals surface area (Å²) < 4.78 is 29.3. The van der Waals surface area contributed by atoms with Crippen LogP contribution in [0.3, 0.4) is 0 Å². The highest BCUT2D eigenvalue weighted by atomic mass is 35.5. The van der Waals surface area contributed by atoms with Gasteiger partial charge in [-0.25, -0.2) is 17.9 Å². The first-order valence-corrected chi connectivity index (χ1v) is 9.05. The Morgan fingerprint density at radius 1 is 1.62 bits per heavy atom. The van der Waals surface area contributed by atoms with Gasteiger partial charge in [-0.1, -0.05) is 30.3 Å². The maximum Gasteiger partial charge on any atom is 0.410 e. The maximum absolute atomic E-state index is 11.9. The summed E-state index contributed by atoms with van der Waals surface area (Å²) in [5.74, 6) is 0. The van der Waals surface area contributed by atoms with Crippen molar-refractivity contribution in [3.63, 3.8) is 0 Å². The van der Waals surface area contributed by atoms with Gasteiger partial charge < -0.3 is 4.74 Å². The Kier molecular flexibility index (Phi) is 7.05. The van der Waals surface area contributed by atoms with Crippen LogP contribution in [-0.4, -0.2) is 56.7 Å². The quantitative estimate of drug-likeness (QED) is 0.557. The van der Waals surface area contributed by atoms with E-state index >= 15 is 0 Å². The molecule has 120 valence electrons. The summed E-state index contributed by atoms with van der Waals surface area (Å²) >= 11 is 10.5. The lowest BCUT2D eigenvalue weighted by Gasteiger charge is -2.23. The topological polar surface area (TPSA) is 75.7 Å². The number of carbonyl (C=O) groups is 1. The number of hydrogen-bond donors (Lipinski definition) is 2. The number of rotatable bonds is 6. The molecule has 1 N–H and O–H groups in total. The molecule has 1 rings (SSSR count). The van der Waals surface area contributed by atoms with Crippen molar-refractivity contribution in [2.45, 2.75) is 17.7 Å². The molecule has 0 spiro atoms. The highest BCUT2D eigenvalue weighted by Crippen LogP contribution is 2.29. The third-order valence-electron chi connectivity index (χ3n) is 2.80. The van der Waals surface area contributed by atoms with Gasteiger partial charge >= 0.3 is 6.09 Å². The Bertz CT molecular complexity index is 521. The fraction of sp³-hybridized carbons (Fsp3) is 0.583. The standard InChI is InChI=1S/C12H19ClN2O4S2/c1-3-6-19-12(16)15-8-9(20)7-11(15)10(13)4-5-14-21(2,17)18/h3-4,9,11,14,20H,1,5-8H2,2H3/t9-,11-/m0/s1. The van der Waals surface area contributed by atoms with E-state index in [0.717, 1.165) is 6.26 Å². The van der Waals surface area contributed by atoms with Gasteiger partial charge in [0.2, 0.25) is 10.0 Å². The molecule has 1 fully saturated rings.